The predicted octanol–water partition coefficient (Wildman–Crippen LogP) is 2.28. The van der Waals surface area contributed by atoms with Gasteiger partial charge in [0.25, 0.3) is 0 Å². The average molecular weight is 288 g/mol. The summed E-state index contributed by atoms with van der Waals surface area (Å²) in [6, 6.07) is 4.15. The van der Waals surface area contributed by atoms with Crippen LogP contribution in [0, 0.1) is 22.7 Å². The van der Waals surface area contributed by atoms with Crippen LogP contribution < -0.4 is 15.4 Å². The number of hydrogen-bond acceptors (Lipinski definition) is 7. The maximum absolute atomic E-state index is 9.23. The second-order valence-corrected chi connectivity index (χ2v) is 5.03. The minimum atomic E-state index is -0.820. The molecular weight excluding hydrogens is 268 g/mol. The molecule has 1 rings (SSSR count). The van der Waals surface area contributed by atoms with Crippen molar-refractivity contribution < 1.29 is 4.74 Å². The maximum atomic E-state index is 9.23. The first-order valence-electron chi connectivity index (χ1n) is 6.76. The summed E-state index contributed by atoms with van der Waals surface area (Å²) in [5, 5.41) is 24.3. The first kappa shape index (κ1) is 16.5. The van der Waals surface area contributed by atoms with Crippen LogP contribution in [0.15, 0.2) is 0 Å². The molecule has 112 valence electrons. The van der Waals surface area contributed by atoms with Crippen LogP contribution in [0.3, 0.4) is 0 Å². The molecule has 0 atom stereocenters. The van der Waals surface area contributed by atoms with Gasteiger partial charge in [-0.3, -0.25) is 0 Å². The highest BCUT2D eigenvalue weighted by molar-refractivity contribution is 5.60. The topological polar surface area (TPSA) is 107 Å². The molecule has 1 heterocycles. The summed E-state index contributed by atoms with van der Waals surface area (Å²) in [6.45, 7) is 6.21. The third-order valence-electron chi connectivity index (χ3n) is 2.71. The number of nitriles is 2. The minimum absolute atomic E-state index is 0.183. The number of ether oxygens (including phenoxy) is 1. The number of hydrogen-bond donors (Lipinski definition) is 2. The molecule has 0 aliphatic heterocycles. The van der Waals surface area contributed by atoms with E-state index in [2.05, 4.69) is 33.6 Å². The lowest BCUT2D eigenvalue weighted by Crippen LogP contribution is -2.30. The molecule has 0 unspecified atom stereocenters. The zero-order valence-electron chi connectivity index (χ0n) is 12.8. The highest BCUT2D eigenvalue weighted by Crippen LogP contribution is 2.25. The van der Waals surface area contributed by atoms with Crippen LogP contribution in [0.1, 0.15) is 39.2 Å². The quantitative estimate of drug-likeness (QED) is 0.741. The molecule has 0 saturated heterocycles. The normalized spacial score (nSPS) is 10.4. The van der Waals surface area contributed by atoms with Gasteiger partial charge in [-0.05, 0) is 20.3 Å². The van der Waals surface area contributed by atoms with Crippen molar-refractivity contribution in [3.05, 3.63) is 5.56 Å². The van der Waals surface area contributed by atoms with Gasteiger partial charge >= 0.3 is 0 Å². The van der Waals surface area contributed by atoms with E-state index in [4.69, 9.17) is 10.00 Å². The average Bonchev–Trinajstić information content (AvgIpc) is 2.46. The Morgan fingerprint density at radius 3 is 2.52 bits per heavy atom. The van der Waals surface area contributed by atoms with E-state index in [1.165, 1.54) is 7.11 Å². The molecule has 1 aromatic heterocycles. The lowest BCUT2D eigenvalue weighted by atomic mass is 10.1. The van der Waals surface area contributed by atoms with Crippen molar-refractivity contribution in [2.45, 2.75) is 39.2 Å². The minimum Gasteiger partial charge on any atom is -0.480 e. The number of unbranched alkanes of at least 4 members (excludes halogenated alkanes) is 1. The van der Waals surface area contributed by atoms with Crippen LogP contribution in [0.25, 0.3) is 0 Å². The van der Waals surface area contributed by atoms with E-state index in [0.717, 1.165) is 12.8 Å². The van der Waals surface area contributed by atoms with Gasteiger partial charge in [0.05, 0.1) is 13.2 Å². The molecule has 1 aromatic rings. The van der Waals surface area contributed by atoms with E-state index < -0.39 is 5.54 Å². The molecule has 21 heavy (non-hydrogen) atoms. The summed E-state index contributed by atoms with van der Waals surface area (Å²) >= 11 is 0. The lowest BCUT2D eigenvalue weighted by molar-refractivity contribution is 0.396. The van der Waals surface area contributed by atoms with E-state index in [0.29, 0.717) is 12.4 Å². The lowest BCUT2D eigenvalue weighted by Gasteiger charge is -2.19. The fourth-order valence-corrected chi connectivity index (χ4v) is 1.56. The summed E-state index contributed by atoms with van der Waals surface area (Å²) in [5.74, 6) is 0.841. The van der Waals surface area contributed by atoms with Crippen LogP contribution in [0.4, 0.5) is 11.8 Å². The zero-order valence-corrected chi connectivity index (χ0v) is 12.8. The van der Waals surface area contributed by atoms with Crippen LogP contribution in [-0.4, -0.2) is 29.2 Å². The third kappa shape index (κ3) is 4.50. The molecule has 7 nitrogen and oxygen atoms in total. The Morgan fingerprint density at radius 1 is 1.29 bits per heavy atom. The first-order chi connectivity index (χ1) is 9.97. The Bertz CT molecular complexity index is 570. The van der Waals surface area contributed by atoms with Crippen molar-refractivity contribution in [1.29, 1.82) is 10.5 Å². The van der Waals surface area contributed by atoms with Gasteiger partial charge in [0, 0.05) is 6.54 Å². The van der Waals surface area contributed by atoms with Gasteiger partial charge < -0.3 is 15.4 Å². The van der Waals surface area contributed by atoms with Crippen molar-refractivity contribution in [2.24, 2.45) is 0 Å². The van der Waals surface area contributed by atoms with E-state index >= 15 is 0 Å². The summed E-state index contributed by atoms with van der Waals surface area (Å²) in [5.41, 5.74) is -0.561. The summed E-state index contributed by atoms with van der Waals surface area (Å²) in [7, 11) is 1.44. The van der Waals surface area contributed by atoms with E-state index in [1.807, 2.05) is 6.07 Å². The predicted molar refractivity (Wildman–Crippen MR) is 80.0 cm³/mol. The number of rotatable bonds is 7. The fourth-order valence-electron chi connectivity index (χ4n) is 1.56. The van der Waals surface area contributed by atoms with Gasteiger partial charge in [0.15, 0.2) is 11.4 Å². The SMILES string of the molecule is CCCCNc1nc(NC(C)(C)C#N)nc(OC)c1C#N. The number of nitrogens with zero attached hydrogens (tertiary/aromatic N) is 4. The highest BCUT2D eigenvalue weighted by Gasteiger charge is 2.21. The molecule has 0 radical (unpaired) electrons. The highest BCUT2D eigenvalue weighted by atomic mass is 16.5. The van der Waals surface area contributed by atoms with Crippen molar-refractivity contribution in [3.63, 3.8) is 0 Å². The van der Waals surface area contributed by atoms with E-state index in [-0.39, 0.29) is 17.4 Å². The van der Waals surface area contributed by atoms with Gasteiger partial charge in [0.2, 0.25) is 11.8 Å². The van der Waals surface area contributed by atoms with Crippen molar-refractivity contribution in [1.82, 2.24) is 9.97 Å². The second-order valence-electron chi connectivity index (χ2n) is 5.03. The monoisotopic (exact) mass is 288 g/mol. The second kappa shape index (κ2) is 7.30. The molecule has 0 aliphatic carbocycles. The standard InChI is InChI=1S/C14H20N6O/c1-5-6-7-17-11-10(8-15)12(21-4)19-13(18-11)20-14(2,3)9-16/h5-7H2,1-4H3,(H2,17,18,19,20). The Balaban J connectivity index is 3.15. The first-order valence-corrected chi connectivity index (χ1v) is 6.76. The molecule has 0 bridgehead atoms. The van der Waals surface area contributed by atoms with Gasteiger partial charge in [-0.2, -0.15) is 20.5 Å². The van der Waals surface area contributed by atoms with Gasteiger partial charge in [-0.1, -0.05) is 13.3 Å². The summed E-state index contributed by atoms with van der Waals surface area (Å²) < 4.78 is 5.14. The van der Waals surface area contributed by atoms with Crippen LogP contribution in [0.2, 0.25) is 0 Å². The fraction of sp³-hybridized carbons (Fsp3) is 0.571. The molecule has 2 N–H and O–H groups in total. The van der Waals surface area contributed by atoms with E-state index in [1.54, 1.807) is 13.8 Å². The van der Waals surface area contributed by atoms with Gasteiger partial charge in [-0.25, -0.2) is 0 Å². The smallest absolute Gasteiger partial charge is 0.238 e. The number of nitrogens with one attached hydrogen (secondary N) is 2. The molecular formula is C14H20N6O. The number of methoxy groups -OCH3 is 1. The third-order valence-corrected chi connectivity index (χ3v) is 2.71. The van der Waals surface area contributed by atoms with Gasteiger partial charge in [-0.15, -0.1) is 0 Å². The van der Waals surface area contributed by atoms with Crippen LogP contribution in [-0.2, 0) is 0 Å². The van der Waals surface area contributed by atoms with Gasteiger partial charge in [0.1, 0.15) is 11.6 Å². The van der Waals surface area contributed by atoms with Crippen molar-refractivity contribution in [2.75, 3.05) is 24.3 Å². The number of aromatic nitrogens is 2. The van der Waals surface area contributed by atoms with Crippen molar-refractivity contribution in [3.8, 4) is 18.0 Å². The Labute approximate surface area is 125 Å². The summed E-state index contributed by atoms with van der Waals surface area (Å²) in [6.07, 6.45) is 1.99. The summed E-state index contributed by atoms with van der Waals surface area (Å²) in [4.78, 5) is 8.40. The largest absolute Gasteiger partial charge is 0.480 e. The molecule has 0 saturated carbocycles. The zero-order chi connectivity index (χ0) is 15.9. The van der Waals surface area contributed by atoms with Crippen LogP contribution in [0.5, 0.6) is 5.88 Å². The molecule has 0 aromatic carbocycles. The Hall–Kier alpha value is -2.54. The maximum Gasteiger partial charge on any atom is 0.238 e. The molecule has 0 spiro atoms. The molecule has 7 heteroatoms. The Morgan fingerprint density at radius 2 is 2.00 bits per heavy atom. The Kier molecular flexibility index (Phi) is 5.74. The molecule has 0 fully saturated rings. The number of anilines is 2. The molecule has 0 amide bonds. The van der Waals surface area contributed by atoms with Crippen LogP contribution >= 0.6 is 0 Å². The molecule has 0 aliphatic rings. The van der Waals surface area contributed by atoms with E-state index in [9.17, 15) is 5.26 Å². The van der Waals surface area contributed by atoms with Crippen molar-refractivity contribution >= 4 is 11.8 Å².